The first-order valence-electron chi connectivity index (χ1n) is 6.81. The lowest BCUT2D eigenvalue weighted by Crippen LogP contribution is -2.28. The molecule has 1 aliphatic heterocycles. The number of rotatable bonds is 3. The summed E-state index contributed by atoms with van der Waals surface area (Å²) in [6.45, 7) is 1.83. The highest BCUT2D eigenvalue weighted by molar-refractivity contribution is 9.10. The van der Waals surface area contributed by atoms with Crippen molar-refractivity contribution in [3.63, 3.8) is 0 Å². The van der Waals surface area contributed by atoms with Crippen molar-refractivity contribution in [3.8, 4) is 0 Å². The molecule has 1 saturated carbocycles. The second kappa shape index (κ2) is 5.22. The molecule has 1 heterocycles. The molecule has 6 heteroatoms. The second-order valence-electron chi connectivity index (χ2n) is 5.54. The third-order valence-corrected chi connectivity index (χ3v) is 4.42. The van der Waals surface area contributed by atoms with Crippen molar-refractivity contribution in [1.82, 2.24) is 4.90 Å². The van der Waals surface area contributed by atoms with Gasteiger partial charge in [-0.2, -0.15) is 13.2 Å². The molecule has 1 aliphatic carbocycles. The van der Waals surface area contributed by atoms with Crippen LogP contribution in [0.15, 0.2) is 22.7 Å². The van der Waals surface area contributed by atoms with Gasteiger partial charge in [0.1, 0.15) is 0 Å². The van der Waals surface area contributed by atoms with E-state index in [1.54, 1.807) is 0 Å². The van der Waals surface area contributed by atoms with Crippen molar-refractivity contribution in [3.05, 3.63) is 28.2 Å². The minimum atomic E-state index is -4.32. The smallest absolute Gasteiger partial charge is 0.380 e. The molecule has 1 saturated heterocycles. The molecule has 0 bridgehead atoms. The zero-order valence-corrected chi connectivity index (χ0v) is 12.5. The maximum atomic E-state index is 13.0. The number of hydrogen-bond acceptors (Lipinski definition) is 2. The van der Waals surface area contributed by atoms with Crippen LogP contribution >= 0.6 is 15.9 Å². The first-order chi connectivity index (χ1) is 9.43. The third-order valence-electron chi connectivity index (χ3n) is 3.93. The number of likely N-dealkylation sites (tertiary alicyclic amines) is 1. The van der Waals surface area contributed by atoms with Crippen LogP contribution in [0.2, 0.25) is 0 Å². The van der Waals surface area contributed by atoms with Crippen molar-refractivity contribution < 1.29 is 13.2 Å². The standard InChI is InChI=1S/C14H16BrF3N2/c15-9-1-4-12(14(16,17)18)13(7-9)19-10-5-6-20(8-10)11-2-3-11/h1,4,7,10-11,19H,2-3,5-6,8H2. The lowest BCUT2D eigenvalue weighted by Gasteiger charge is -2.20. The molecule has 1 atom stereocenters. The molecule has 3 rings (SSSR count). The van der Waals surface area contributed by atoms with E-state index in [2.05, 4.69) is 26.1 Å². The van der Waals surface area contributed by atoms with E-state index in [4.69, 9.17) is 0 Å². The number of halogens is 4. The minimum absolute atomic E-state index is 0.103. The summed E-state index contributed by atoms with van der Waals surface area (Å²) < 4.78 is 39.7. The quantitative estimate of drug-likeness (QED) is 0.883. The fourth-order valence-corrected chi connectivity index (χ4v) is 3.14. The first kappa shape index (κ1) is 14.2. The van der Waals surface area contributed by atoms with Crippen LogP contribution in [0, 0.1) is 0 Å². The Hall–Kier alpha value is -0.750. The van der Waals surface area contributed by atoms with Gasteiger partial charge >= 0.3 is 6.18 Å². The van der Waals surface area contributed by atoms with E-state index < -0.39 is 11.7 Å². The lowest BCUT2D eigenvalue weighted by atomic mass is 10.1. The summed E-state index contributed by atoms with van der Waals surface area (Å²) in [5, 5.41) is 3.08. The van der Waals surface area contributed by atoms with Crippen LogP contribution in [0.1, 0.15) is 24.8 Å². The molecule has 1 aromatic rings. The van der Waals surface area contributed by atoms with Crippen LogP contribution < -0.4 is 5.32 Å². The van der Waals surface area contributed by atoms with Crippen molar-refractivity contribution in [1.29, 1.82) is 0 Å². The Morgan fingerprint density at radius 3 is 2.60 bits per heavy atom. The number of nitrogens with one attached hydrogen (secondary N) is 1. The van der Waals surface area contributed by atoms with Gasteiger partial charge in [-0.25, -0.2) is 0 Å². The molecule has 0 aromatic heterocycles. The summed E-state index contributed by atoms with van der Waals surface area (Å²) >= 11 is 3.24. The van der Waals surface area contributed by atoms with Crippen molar-refractivity contribution >= 4 is 21.6 Å². The monoisotopic (exact) mass is 348 g/mol. The largest absolute Gasteiger partial charge is 0.418 e. The summed E-state index contributed by atoms with van der Waals surface area (Å²) in [7, 11) is 0. The minimum Gasteiger partial charge on any atom is -0.380 e. The average molecular weight is 349 g/mol. The first-order valence-corrected chi connectivity index (χ1v) is 7.60. The summed E-state index contributed by atoms with van der Waals surface area (Å²) in [6.07, 6.45) is -0.951. The average Bonchev–Trinajstić information content (AvgIpc) is 3.09. The highest BCUT2D eigenvalue weighted by Gasteiger charge is 2.37. The van der Waals surface area contributed by atoms with Crippen LogP contribution in [0.5, 0.6) is 0 Å². The van der Waals surface area contributed by atoms with Crippen molar-refractivity contribution in [2.45, 2.75) is 37.5 Å². The van der Waals surface area contributed by atoms with Crippen molar-refractivity contribution in [2.24, 2.45) is 0 Å². The molecule has 0 amide bonds. The second-order valence-corrected chi connectivity index (χ2v) is 6.46. The molecular weight excluding hydrogens is 333 g/mol. The Labute approximate surface area is 124 Å². The Kier molecular flexibility index (Phi) is 3.71. The van der Waals surface area contributed by atoms with Crippen LogP contribution in [-0.2, 0) is 6.18 Å². The van der Waals surface area contributed by atoms with E-state index in [-0.39, 0.29) is 11.7 Å². The Morgan fingerprint density at radius 2 is 1.95 bits per heavy atom. The normalized spacial score (nSPS) is 24.1. The van der Waals surface area contributed by atoms with Crippen LogP contribution in [0.4, 0.5) is 18.9 Å². The topological polar surface area (TPSA) is 15.3 Å². The molecule has 0 radical (unpaired) electrons. The molecule has 110 valence electrons. The molecule has 2 aliphatic rings. The Balaban J connectivity index is 1.74. The van der Waals surface area contributed by atoms with Gasteiger partial charge in [-0.15, -0.1) is 0 Å². The number of nitrogens with zero attached hydrogens (tertiary/aromatic N) is 1. The van der Waals surface area contributed by atoms with Crippen LogP contribution in [0.25, 0.3) is 0 Å². The Bertz CT molecular complexity index is 500. The number of benzene rings is 1. The van der Waals surface area contributed by atoms with Gasteiger partial charge in [0, 0.05) is 35.3 Å². The summed E-state index contributed by atoms with van der Waals surface area (Å²) in [4.78, 5) is 2.38. The molecule has 0 spiro atoms. The molecule has 2 nitrogen and oxygen atoms in total. The van der Waals surface area contributed by atoms with Gasteiger partial charge < -0.3 is 5.32 Å². The number of alkyl halides is 3. The maximum Gasteiger partial charge on any atom is 0.418 e. The predicted molar refractivity (Wildman–Crippen MR) is 75.8 cm³/mol. The SMILES string of the molecule is FC(F)(F)c1ccc(Br)cc1NC1CCN(C2CC2)C1. The lowest BCUT2D eigenvalue weighted by molar-refractivity contribution is -0.137. The molecule has 1 unspecified atom stereocenters. The summed E-state index contributed by atoms with van der Waals surface area (Å²) in [5.41, 5.74) is -0.417. The summed E-state index contributed by atoms with van der Waals surface area (Å²) in [5.74, 6) is 0. The number of anilines is 1. The van der Waals surface area contributed by atoms with Gasteiger partial charge in [0.05, 0.1) is 5.56 Å². The van der Waals surface area contributed by atoms with E-state index in [1.807, 2.05) is 0 Å². The van der Waals surface area contributed by atoms with Gasteiger partial charge in [-0.3, -0.25) is 4.90 Å². The predicted octanol–water partition coefficient (Wildman–Crippen LogP) is 4.12. The van der Waals surface area contributed by atoms with E-state index in [9.17, 15) is 13.2 Å². The summed E-state index contributed by atoms with van der Waals surface area (Å²) in [6, 6.07) is 4.85. The van der Waals surface area contributed by atoms with Crippen LogP contribution in [-0.4, -0.2) is 30.1 Å². The van der Waals surface area contributed by atoms with Crippen LogP contribution in [0.3, 0.4) is 0 Å². The van der Waals surface area contributed by atoms with Gasteiger partial charge in [0.15, 0.2) is 0 Å². The zero-order valence-electron chi connectivity index (χ0n) is 10.9. The highest BCUT2D eigenvalue weighted by atomic mass is 79.9. The van der Waals surface area contributed by atoms with Gasteiger partial charge in [0.25, 0.3) is 0 Å². The molecule has 20 heavy (non-hydrogen) atoms. The molecular formula is C14H16BrF3N2. The van der Waals surface area contributed by atoms with E-state index in [0.29, 0.717) is 10.5 Å². The third kappa shape index (κ3) is 3.11. The molecule has 2 fully saturated rings. The van der Waals surface area contributed by atoms with E-state index in [1.165, 1.54) is 25.0 Å². The molecule has 1 aromatic carbocycles. The van der Waals surface area contributed by atoms with Crippen molar-refractivity contribution in [2.75, 3.05) is 18.4 Å². The number of hydrogen-bond donors (Lipinski definition) is 1. The zero-order chi connectivity index (χ0) is 14.3. The van der Waals surface area contributed by atoms with Gasteiger partial charge in [0.2, 0.25) is 0 Å². The fourth-order valence-electron chi connectivity index (χ4n) is 2.78. The van der Waals surface area contributed by atoms with E-state index in [0.717, 1.165) is 25.6 Å². The fraction of sp³-hybridized carbons (Fsp3) is 0.571. The maximum absolute atomic E-state index is 13.0. The Morgan fingerprint density at radius 1 is 1.20 bits per heavy atom. The highest BCUT2D eigenvalue weighted by Crippen LogP contribution is 2.37. The van der Waals surface area contributed by atoms with E-state index >= 15 is 0 Å². The van der Waals surface area contributed by atoms with Gasteiger partial charge in [-0.05, 0) is 37.5 Å². The molecule has 1 N–H and O–H groups in total. The van der Waals surface area contributed by atoms with Gasteiger partial charge in [-0.1, -0.05) is 15.9 Å².